The monoisotopic (exact) mass is 245 g/mol. The van der Waals surface area contributed by atoms with Crippen LogP contribution in [0.3, 0.4) is 0 Å². The molecule has 2 aromatic rings. The van der Waals surface area contributed by atoms with E-state index < -0.39 is 0 Å². The molecule has 0 saturated carbocycles. The molecule has 88 valence electrons. The molecular weight excluding hydrogens is 230 g/mol. The molecule has 0 aliphatic rings. The first-order valence-electron chi connectivity index (χ1n) is 5.62. The van der Waals surface area contributed by atoms with Crippen LogP contribution in [0.5, 0.6) is 0 Å². The van der Waals surface area contributed by atoms with Gasteiger partial charge in [0, 0.05) is 5.69 Å². The zero-order valence-electron chi connectivity index (χ0n) is 9.94. The van der Waals surface area contributed by atoms with Crippen molar-refractivity contribution in [3.63, 3.8) is 0 Å². The van der Waals surface area contributed by atoms with Gasteiger partial charge in [0.1, 0.15) is 0 Å². The molecule has 0 fully saturated rings. The minimum atomic E-state index is -0.0342. The molecule has 1 N–H and O–H groups in total. The summed E-state index contributed by atoms with van der Waals surface area (Å²) in [6.45, 7) is 4.24. The van der Waals surface area contributed by atoms with Gasteiger partial charge in [0.15, 0.2) is 0 Å². The van der Waals surface area contributed by atoms with E-state index in [4.69, 9.17) is 0 Å². The molecule has 1 heterocycles. The van der Waals surface area contributed by atoms with E-state index in [0.717, 1.165) is 16.1 Å². The van der Waals surface area contributed by atoms with Crippen LogP contribution in [0.15, 0.2) is 41.8 Å². The van der Waals surface area contributed by atoms with E-state index in [1.807, 2.05) is 35.7 Å². The summed E-state index contributed by atoms with van der Waals surface area (Å²) >= 11 is 1.45. The first-order chi connectivity index (χ1) is 8.18. The lowest BCUT2D eigenvalue weighted by atomic mass is 10.0. The number of para-hydroxylation sites is 1. The average molecular weight is 245 g/mol. The van der Waals surface area contributed by atoms with Crippen LogP contribution in [0.25, 0.3) is 0 Å². The highest BCUT2D eigenvalue weighted by Crippen LogP contribution is 2.24. The van der Waals surface area contributed by atoms with Crippen LogP contribution in [-0.4, -0.2) is 5.91 Å². The molecule has 17 heavy (non-hydrogen) atoms. The molecule has 0 spiro atoms. The van der Waals surface area contributed by atoms with Crippen molar-refractivity contribution in [2.24, 2.45) is 0 Å². The Morgan fingerprint density at radius 1 is 1.18 bits per heavy atom. The lowest BCUT2D eigenvalue weighted by Gasteiger charge is -2.12. The Morgan fingerprint density at radius 2 is 1.94 bits per heavy atom. The van der Waals surface area contributed by atoms with E-state index in [0.29, 0.717) is 5.92 Å². The summed E-state index contributed by atoms with van der Waals surface area (Å²) in [5.74, 6) is 0.364. The van der Waals surface area contributed by atoms with Gasteiger partial charge in [0.25, 0.3) is 5.91 Å². The molecule has 1 aromatic carbocycles. The first-order valence-corrected chi connectivity index (χ1v) is 6.50. The van der Waals surface area contributed by atoms with Crippen LogP contribution in [0.2, 0.25) is 0 Å². The Hall–Kier alpha value is -1.61. The van der Waals surface area contributed by atoms with Gasteiger partial charge in [-0.05, 0) is 29.0 Å². The molecule has 0 radical (unpaired) electrons. The van der Waals surface area contributed by atoms with Crippen LogP contribution in [0, 0.1) is 0 Å². The van der Waals surface area contributed by atoms with Crippen molar-refractivity contribution in [3.05, 3.63) is 52.2 Å². The Bertz CT molecular complexity index is 503. The van der Waals surface area contributed by atoms with Crippen molar-refractivity contribution in [1.82, 2.24) is 0 Å². The van der Waals surface area contributed by atoms with E-state index in [1.165, 1.54) is 11.3 Å². The summed E-state index contributed by atoms with van der Waals surface area (Å²) in [6.07, 6.45) is 0. The summed E-state index contributed by atoms with van der Waals surface area (Å²) < 4.78 is 0. The molecule has 1 aromatic heterocycles. The molecule has 0 aliphatic carbocycles. The molecule has 3 heteroatoms. The second-order valence-electron chi connectivity index (χ2n) is 4.17. The third kappa shape index (κ3) is 2.74. The zero-order valence-corrected chi connectivity index (χ0v) is 10.8. The average Bonchev–Trinajstić information content (AvgIpc) is 2.83. The molecule has 0 atom stereocenters. The number of thiophene rings is 1. The second kappa shape index (κ2) is 5.15. The Labute approximate surface area is 105 Å². The fourth-order valence-corrected chi connectivity index (χ4v) is 2.32. The molecule has 0 aliphatic heterocycles. The van der Waals surface area contributed by atoms with Crippen LogP contribution in [-0.2, 0) is 0 Å². The Balaban J connectivity index is 2.22. The summed E-state index contributed by atoms with van der Waals surface area (Å²) in [5, 5.41) is 4.87. The molecule has 0 bridgehead atoms. The Kier molecular flexibility index (Phi) is 3.59. The highest BCUT2D eigenvalue weighted by Gasteiger charge is 2.10. The van der Waals surface area contributed by atoms with Gasteiger partial charge in [-0.25, -0.2) is 0 Å². The molecule has 1 amide bonds. The summed E-state index contributed by atoms with van der Waals surface area (Å²) in [4.78, 5) is 12.7. The van der Waals surface area contributed by atoms with Crippen molar-refractivity contribution in [1.29, 1.82) is 0 Å². The maximum atomic E-state index is 11.9. The molecular formula is C14H15NOS. The minimum Gasteiger partial charge on any atom is -0.321 e. The number of rotatable bonds is 3. The molecule has 2 rings (SSSR count). The van der Waals surface area contributed by atoms with E-state index in [2.05, 4.69) is 25.2 Å². The minimum absolute atomic E-state index is 0.0342. The lowest BCUT2D eigenvalue weighted by Crippen LogP contribution is -2.12. The zero-order chi connectivity index (χ0) is 12.3. The van der Waals surface area contributed by atoms with Crippen LogP contribution < -0.4 is 5.32 Å². The Morgan fingerprint density at radius 3 is 2.59 bits per heavy atom. The van der Waals surface area contributed by atoms with Gasteiger partial charge in [-0.1, -0.05) is 38.1 Å². The van der Waals surface area contributed by atoms with Gasteiger partial charge in [-0.15, -0.1) is 11.3 Å². The number of benzene rings is 1. The van der Waals surface area contributed by atoms with Gasteiger partial charge < -0.3 is 5.32 Å². The van der Waals surface area contributed by atoms with Gasteiger partial charge in [0.2, 0.25) is 0 Å². The number of nitrogens with one attached hydrogen (secondary N) is 1. The van der Waals surface area contributed by atoms with E-state index in [-0.39, 0.29) is 5.91 Å². The molecule has 0 unspecified atom stereocenters. The van der Waals surface area contributed by atoms with Gasteiger partial charge in [-0.3, -0.25) is 4.79 Å². The van der Waals surface area contributed by atoms with Gasteiger partial charge in [-0.2, -0.15) is 0 Å². The standard InChI is InChI=1S/C14H15NOS/c1-10(2)11-6-3-4-7-12(11)15-14(16)13-8-5-9-17-13/h3-10H,1-2H3,(H,15,16). The first kappa shape index (κ1) is 11.9. The summed E-state index contributed by atoms with van der Waals surface area (Å²) in [7, 11) is 0. The predicted octanol–water partition coefficient (Wildman–Crippen LogP) is 4.12. The third-order valence-corrected chi connectivity index (χ3v) is 3.44. The second-order valence-corrected chi connectivity index (χ2v) is 5.12. The van der Waals surface area contributed by atoms with Crippen LogP contribution in [0.1, 0.15) is 35.0 Å². The highest BCUT2D eigenvalue weighted by molar-refractivity contribution is 7.12. The fourth-order valence-electron chi connectivity index (χ4n) is 1.71. The largest absolute Gasteiger partial charge is 0.321 e. The number of hydrogen-bond donors (Lipinski definition) is 1. The normalized spacial score (nSPS) is 10.5. The number of anilines is 1. The third-order valence-electron chi connectivity index (χ3n) is 2.58. The van der Waals surface area contributed by atoms with Crippen molar-refractivity contribution < 1.29 is 4.79 Å². The van der Waals surface area contributed by atoms with Crippen molar-refractivity contribution >= 4 is 22.9 Å². The van der Waals surface area contributed by atoms with Gasteiger partial charge in [0.05, 0.1) is 4.88 Å². The number of carbonyl (C=O) groups excluding carboxylic acids is 1. The van der Waals surface area contributed by atoms with Crippen molar-refractivity contribution in [2.45, 2.75) is 19.8 Å². The summed E-state index contributed by atoms with van der Waals surface area (Å²) in [6, 6.07) is 11.6. The van der Waals surface area contributed by atoms with E-state index in [9.17, 15) is 4.79 Å². The quantitative estimate of drug-likeness (QED) is 0.865. The SMILES string of the molecule is CC(C)c1ccccc1NC(=O)c1cccs1. The van der Waals surface area contributed by atoms with Crippen molar-refractivity contribution in [3.8, 4) is 0 Å². The number of amides is 1. The molecule has 2 nitrogen and oxygen atoms in total. The maximum absolute atomic E-state index is 11.9. The lowest BCUT2D eigenvalue weighted by molar-refractivity contribution is 0.103. The maximum Gasteiger partial charge on any atom is 0.265 e. The van der Waals surface area contributed by atoms with Crippen LogP contribution in [0.4, 0.5) is 5.69 Å². The van der Waals surface area contributed by atoms with E-state index >= 15 is 0 Å². The topological polar surface area (TPSA) is 29.1 Å². The van der Waals surface area contributed by atoms with E-state index in [1.54, 1.807) is 0 Å². The number of hydrogen-bond acceptors (Lipinski definition) is 2. The number of carbonyl (C=O) groups is 1. The fraction of sp³-hybridized carbons (Fsp3) is 0.214. The summed E-state index contributed by atoms with van der Waals surface area (Å²) in [5.41, 5.74) is 2.07. The van der Waals surface area contributed by atoms with Crippen LogP contribution >= 0.6 is 11.3 Å². The van der Waals surface area contributed by atoms with Crippen molar-refractivity contribution in [2.75, 3.05) is 5.32 Å². The molecule has 0 saturated heterocycles. The highest BCUT2D eigenvalue weighted by atomic mass is 32.1. The smallest absolute Gasteiger partial charge is 0.265 e. The predicted molar refractivity (Wildman–Crippen MR) is 72.8 cm³/mol. The van der Waals surface area contributed by atoms with Gasteiger partial charge >= 0.3 is 0 Å².